The average molecular weight is 399 g/mol. The molecule has 0 radical (unpaired) electrons. The molecule has 3 rings (SSSR count). The number of aromatic nitrogens is 4. The largest absolute Gasteiger partial charge is 0.356 e. The first kappa shape index (κ1) is 15.7. The van der Waals surface area contributed by atoms with Crippen LogP contribution in [0.2, 0.25) is 0 Å². The molecule has 1 aliphatic rings. The Labute approximate surface area is 140 Å². The molecular weight excluding hydrogens is 381 g/mol. The molecule has 2 heterocycles. The maximum absolute atomic E-state index is 4.36. The molecule has 0 saturated heterocycles. The third kappa shape index (κ3) is 4.13. The Morgan fingerprint density at radius 1 is 1.24 bits per heavy atom. The summed E-state index contributed by atoms with van der Waals surface area (Å²) in [6.45, 7) is 2.61. The zero-order chi connectivity index (χ0) is 13.6. The number of tetrazole rings is 1. The standard InChI is InChI=1S/C13H17N7.HI/c1-2-5-11(6-3-1)20-12(17-18-19-20)7-10-16-13-14-8-4-9-15-13;/h1-3,5-6H,4,7-10H2,(H2,14,15,16);1H. The van der Waals surface area contributed by atoms with E-state index in [0.717, 1.165) is 49.9 Å². The topological polar surface area (TPSA) is 80.0 Å². The number of nitrogens with one attached hydrogen (secondary N) is 2. The van der Waals surface area contributed by atoms with Crippen LogP contribution >= 0.6 is 24.0 Å². The number of hydrogen-bond donors (Lipinski definition) is 2. The molecule has 0 amide bonds. The minimum Gasteiger partial charge on any atom is -0.356 e. The van der Waals surface area contributed by atoms with Crippen molar-refractivity contribution in [1.29, 1.82) is 0 Å². The lowest BCUT2D eigenvalue weighted by molar-refractivity contribution is 0.687. The summed E-state index contributed by atoms with van der Waals surface area (Å²) < 4.78 is 1.76. The number of nitrogens with zero attached hydrogens (tertiary/aromatic N) is 5. The first-order valence-corrected chi connectivity index (χ1v) is 6.78. The predicted molar refractivity (Wildman–Crippen MR) is 91.2 cm³/mol. The highest BCUT2D eigenvalue weighted by Gasteiger charge is 2.08. The lowest BCUT2D eigenvalue weighted by atomic mass is 10.3. The van der Waals surface area contributed by atoms with Crippen molar-refractivity contribution in [2.75, 3.05) is 19.6 Å². The molecule has 1 aliphatic heterocycles. The molecule has 0 saturated carbocycles. The van der Waals surface area contributed by atoms with E-state index < -0.39 is 0 Å². The highest BCUT2D eigenvalue weighted by molar-refractivity contribution is 14.0. The van der Waals surface area contributed by atoms with E-state index in [9.17, 15) is 0 Å². The summed E-state index contributed by atoms with van der Waals surface area (Å²) in [5, 5.41) is 18.4. The fraction of sp³-hybridized carbons (Fsp3) is 0.385. The zero-order valence-corrected chi connectivity index (χ0v) is 13.9. The van der Waals surface area contributed by atoms with Gasteiger partial charge in [-0.05, 0) is 29.0 Å². The van der Waals surface area contributed by atoms with Gasteiger partial charge in [-0.3, -0.25) is 4.99 Å². The monoisotopic (exact) mass is 399 g/mol. The molecule has 2 aromatic rings. The van der Waals surface area contributed by atoms with Gasteiger partial charge in [-0.2, -0.15) is 4.68 Å². The fourth-order valence-electron chi connectivity index (χ4n) is 2.08. The van der Waals surface area contributed by atoms with Gasteiger partial charge in [-0.1, -0.05) is 18.2 Å². The number of guanidine groups is 1. The first-order chi connectivity index (χ1) is 9.93. The van der Waals surface area contributed by atoms with Gasteiger partial charge in [0.15, 0.2) is 11.8 Å². The molecule has 0 unspecified atom stereocenters. The summed E-state index contributed by atoms with van der Waals surface area (Å²) in [5.41, 5.74) is 0.973. The molecule has 7 nitrogen and oxygen atoms in total. The second-order valence-corrected chi connectivity index (χ2v) is 4.53. The predicted octanol–water partition coefficient (Wildman–Crippen LogP) is 0.762. The van der Waals surface area contributed by atoms with Crippen molar-refractivity contribution in [3.05, 3.63) is 36.2 Å². The van der Waals surface area contributed by atoms with Crippen LogP contribution in [0.4, 0.5) is 0 Å². The van der Waals surface area contributed by atoms with Gasteiger partial charge in [0, 0.05) is 26.1 Å². The van der Waals surface area contributed by atoms with E-state index in [1.54, 1.807) is 4.68 Å². The number of halogens is 1. The second kappa shape index (κ2) is 7.91. The van der Waals surface area contributed by atoms with Gasteiger partial charge in [0.25, 0.3) is 0 Å². The van der Waals surface area contributed by atoms with Crippen molar-refractivity contribution < 1.29 is 0 Å². The third-order valence-corrected chi connectivity index (χ3v) is 3.07. The Hall–Kier alpha value is -1.71. The smallest absolute Gasteiger partial charge is 0.191 e. The Kier molecular flexibility index (Phi) is 5.90. The fourth-order valence-corrected chi connectivity index (χ4v) is 2.08. The lowest BCUT2D eigenvalue weighted by Gasteiger charge is -2.15. The molecule has 0 bridgehead atoms. The highest BCUT2D eigenvalue weighted by atomic mass is 127. The van der Waals surface area contributed by atoms with Gasteiger partial charge in [0.05, 0.1) is 5.69 Å². The minimum absolute atomic E-state index is 0. The normalized spacial score (nSPS) is 13.8. The molecule has 0 aliphatic carbocycles. The lowest BCUT2D eigenvalue weighted by Crippen LogP contribution is -2.41. The van der Waals surface area contributed by atoms with Crippen LogP contribution in [0.1, 0.15) is 12.2 Å². The maximum atomic E-state index is 4.36. The van der Waals surface area contributed by atoms with Crippen LogP contribution in [0.3, 0.4) is 0 Å². The van der Waals surface area contributed by atoms with E-state index in [1.807, 2.05) is 30.3 Å². The summed E-state index contributed by atoms with van der Waals surface area (Å²) in [7, 11) is 0. The van der Waals surface area contributed by atoms with Crippen LogP contribution in [0.15, 0.2) is 35.3 Å². The van der Waals surface area contributed by atoms with Crippen LogP contribution < -0.4 is 10.6 Å². The SMILES string of the molecule is I.c1ccc(-n2nnnc2CCNC2=NCCCN2)cc1. The van der Waals surface area contributed by atoms with E-state index in [4.69, 9.17) is 0 Å². The Morgan fingerprint density at radius 3 is 2.86 bits per heavy atom. The quantitative estimate of drug-likeness (QED) is 0.743. The van der Waals surface area contributed by atoms with Gasteiger partial charge in [0.1, 0.15) is 0 Å². The van der Waals surface area contributed by atoms with Crippen LogP contribution in [-0.4, -0.2) is 45.8 Å². The molecule has 0 spiro atoms. The molecule has 1 aromatic carbocycles. The summed E-state index contributed by atoms with van der Waals surface area (Å²) in [6, 6.07) is 9.89. The molecular formula is C13H18IN7. The third-order valence-electron chi connectivity index (χ3n) is 3.07. The second-order valence-electron chi connectivity index (χ2n) is 4.53. The van der Waals surface area contributed by atoms with Gasteiger partial charge in [-0.25, -0.2) is 0 Å². The van der Waals surface area contributed by atoms with E-state index in [2.05, 4.69) is 31.2 Å². The van der Waals surface area contributed by atoms with Gasteiger partial charge in [-0.15, -0.1) is 29.1 Å². The molecule has 21 heavy (non-hydrogen) atoms. The Bertz CT molecular complexity index is 581. The van der Waals surface area contributed by atoms with Crippen molar-refractivity contribution in [2.24, 2.45) is 4.99 Å². The van der Waals surface area contributed by atoms with Crippen LogP contribution in [0.25, 0.3) is 5.69 Å². The Balaban J connectivity index is 0.00000161. The summed E-state index contributed by atoms with van der Waals surface area (Å²) in [4.78, 5) is 4.36. The Morgan fingerprint density at radius 2 is 2.10 bits per heavy atom. The number of rotatable bonds is 4. The van der Waals surface area contributed by atoms with E-state index >= 15 is 0 Å². The average Bonchev–Trinajstić information content (AvgIpc) is 2.98. The van der Waals surface area contributed by atoms with Crippen molar-refractivity contribution in [3.63, 3.8) is 0 Å². The van der Waals surface area contributed by atoms with E-state index in [-0.39, 0.29) is 24.0 Å². The van der Waals surface area contributed by atoms with Crippen molar-refractivity contribution in [1.82, 2.24) is 30.8 Å². The first-order valence-electron chi connectivity index (χ1n) is 6.78. The van der Waals surface area contributed by atoms with Gasteiger partial charge < -0.3 is 10.6 Å². The number of benzene rings is 1. The minimum atomic E-state index is 0. The molecule has 0 atom stereocenters. The molecule has 112 valence electrons. The summed E-state index contributed by atoms with van der Waals surface area (Å²) in [6.07, 6.45) is 1.83. The highest BCUT2D eigenvalue weighted by Crippen LogP contribution is 2.06. The van der Waals surface area contributed by atoms with E-state index in [0.29, 0.717) is 0 Å². The van der Waals surface area contributed by atoms with Gasteiger partial charge >= 0.3 is 0 Å². The number of aliphatic imine (C=N–C) groups is 1. The van der Waals surface area contributed by atoms with Crippen LogP contribution in [0.5, 0.6) is 0 Å². The number of hydrogen-bond acceptors (Lipinski definition) is 6. The summed E-state index contributed by atoms with van der Waals surface area (Å²) in [5.74, 6) is 1.70. The zero-order valence-electron chi connectivity index (χ0n) is 11.6. The van der Waals surface area contributed by atoms with Crippen LogP contribution in [0, 0.1) is 0 Å². The van der Waals surface area contributed by atoms with Crippen molar-refractivity contribution in [3.8, 4) is 5.69 Å². The van der Waals surface area contributed by atoms with Crippen molar-refractivity contribution in [2.45, 2.75) is 12.8 Å². The van der Waals surface area contributed by atoms with Crippen molar-refractivity contribution >= 4 is 29.9 Å². The van der Waals surface area contributed by atoms with Gasteiger partial charge in [0.2, 0.25) is 0 Å². The molecule has 0 fully saturated rings. The maximum Gasteiger partial charge on any atom is 0.191 e. The molecule has 1 aromatic heterocycles. The number of para-hydroxylation sites is 1. The molecule has 2 N–H and O–H groups in total. The van der Waals surface area contributed by atoms with Crippen LogP contribution in [-0.2, 0) is 6.42 Å². The molecule has 8 heteroatoms. The van der Waals surface area contributed by atoms with E-state index in [1.165, 1.54) is 0 Å². The summed E-state index contributed by atoms with van der Waals surface area (Å²) >= 11 is 0.